The molecule has 0 radical (unpaired) electrons. The van der Waals surface area contributed by atoms with Gasteiger partial charge in [0.15, 0.2) is 0 Å². The number of pyridine rings is 1. The summed E-state index contributed by atoms with van der Waals surface area (Å²) < 4.78 is 0.758. The Hall–Kier alpha value is -0.410. The molecule has 0 amide bonds. The lowest BCUT2D eigenvalue weighted by Crippen LogP contribution is -2.18. The third-order valence-corrected chi connectivity index (χ3v) is 2.28. The van der Waals surface area contributed by atoms with Crippen LogP contribution >= 0.6 is 15.9 Å². The Bertz CT molecular complexity index is 293. The first-order chi connectivity index (χ1) is 5.91. The van der Waals surface area contributed by atoms with Crippen LogP contribution in [0.5, 0.6) is 0 Å². The molecule has 0 aliphatic rings. The minimum atomic E-state index is -0.523. The zero-order valence-corrected chi connectivity index (χ0v) is 9.67. The second kappa shape index (κ2) is 3.76. The average molecular weight is 244 g/mol. The van der Waals surface area contributed by atoms with Crippen LogP contribution in [0.25, 0.3) is 0 Å². The van der Waals surface area contributed by atoms with Crippen LogP contribution in [-0.2, 0) is 0 Å². The standard InChI is InChI=1S/C10H14BrNO/c1-10(2,3)9(13)7-5-4-6-8(11)12-7/h4-6,9,13H,1-3H3/t9-/m0/s1. The lowest BCUT2D eigenvalue weighted by molar-refractivity contribution is 0.0588. The van der Waals surface area contributed by atoms with Crippen LogP contribution < -0.4 is 0 Å². The number of hydrogen-bond acceptors (Lipinski definition) is 2. The molecular formula is C10H14BrNO. The summed E-state index contributed by atoms with van der Waals surface area (Å²) >= 11 is 3.27. The third kappa shape index (κ3) is 2.78. The number of aromatic nitrogens is 1. The molecule has 0 fully saturated rings. The molecule has 0 aliphatic carbocycles. The van der Waals surface area contributed by atoms with Crippen LogP contribution in [0.15, 0.2) is 22.8 Å². The predicted molar refractivity (Wildman–Crippen MR) is 56.4 cm³/mol. The van der Waals surface area contributed by atoms with Crippen molar-refractivity contribution >= 4 is 15.9 Å². The van der Waals surface area contributed by atoms with Gasteiger partial charge >= 0.3 is 0 Å². The van der Waals surface area contributed by atoms with Crippen LogP contribution in [-0.4, -0.2) is 10.1 Å². The Morgan fingerprint density at radius 2 is 2.00 bits per heavy atom. The highest BCUT2D eigenvalue weighted by Crippen LogP contribution is 2.31. The summed E-state index contributed by atoms with van der Waals surface area (Å²) in [7, 11) is 0. The molecule has 0 aromatic carbocycles. The maximum absolute atomic E-state index is 9.90. The smallest absolute Gasteiger partial charge is 0.106 e. The van der Waals surface area contributed by atoms with Crippen molar-refractivity contribution in [1.29, 1.82) is 0 Å². The first-order valence-electron chi connectivity index (χ1n) is 4.22. The van der Waals surface area contributed by atoms with Gasteiger partial charge in [0.2, 0.25) is 0 Å². The zero-order valence-electron chi connectivity index (χ0n) is 8.08. The molecule has 1 aromatic rings. The summed E-state index contributed by atoms with van der Waals surface area (Å²) in [4.78, 5) is 4.21. The van der Waals surface area contributed by atoms with E-state index in [4.69, 9.17) is 0 Å². The van der Waals surface area contributed by atoms with Gasteiger partial charge in [0, 0.05) is 0 Å². The van der Waals surface area contributed by atoms with E-state index in [2.05, 4.69) is 20.9 Å². The topological polar surface area (TPSA) is 33.1 Å². The molecule has 13 heavy (non-hydrogen) atoms. The number of hydrogen-bond donors (Lipinski definition) is 1. The van der Waals surface area contributed by atoms with E-state index in [0.717, 1.165) is 4.60 Å². The van der Waals surface area contributed by atoms with Gasteiger partial charge in [0.1, 0.15) is 10.7 Å². The maximum Gasteiger partial charge on any atom is 0.106 e. The monoisotopic (exact) mass is 243 g/mol. The Morgan fingerprint density at radius 1 is 1.38 bits per heavy atom. The molecular weight excluding hydrogens is 230 g/mol. The van der Waals surface area contributed by atoms with Crippen molar-refractivity contribution in [1.82, 2.24) is 4.98 Å². The van der Waals surface area contributed by atoms with Gasteiger partial charge in [-0.3, -0.25) is 0 Å². The van der Waals surface area contributed by atoms with Crippen molar-refractivity contribution in [2.45, 2.75) is 26.9 Å². The van der Waals surface area contributed by atoms with E-state index >= 15 is 0 Å². The second-order valence-corrected chi connectivity index (χ2v) is 4.97. The van der Waals surface area contributed by atoms with Crippen LogP contribution in [0, 0.1) is 5.41 Å². The molecule has 0 unspecified atom stereocenters. The molecule has 1 heterocycles. The number of rotatable bonds is 1. The Kier molecular flexibility index (Phi) is 3.09. The summed E-state index contributed by atoms with van der Waals surface area (Å²) in [6, 6.07) is 5.56. The van der Waals surface area contributed by atoms with E-state index in [0.29, 0.717) is 5.69 Å². The second-order valence-electron chi connectivity index (χ2n) is 4.15. The zero-order chi connectivity index (χ0) is 10.1. The molecule has 1 N–H and O–H groups in total. The minimum absolute atomic E-state index is 0.173. The van der Waals surface area contributed by atoms with Crippen molar-refractivity contribution in [3.63, 3.8) is 0 Å². The molecule has 0 saturated carbocycles. The molecule has 1 atom stereocenters. The molecule has 3 heteroatoms. The lowest BCUT2D eigenvalue weighted by atomic mass is 9.87. The predicted octanol–water partition coefficient (Wildman–Crippen LogP) is 2.92. The molecule has 0 aliphatic heterocycles. The quantitative estimate of drug-likeness (QED) is 0.770. The van der Waals surface area contributed by atoms with Gasteiger partial charge in [-0.25, -0.2) is 4.98 Å². The van der Waals surface area contributed by atoms with Gasteiger partial charge in [-0.2, -0.15) is 0 Å². The van der Waals surface area contributed by atoms with Gasteiger partial charge in [0.25, 0.3) is 0 Å². The summed E-state index contributed by atoms with van der Waals surface area (Å²) in [5, 5.41) is 9.90. The van der Waals surface area contributed by atoms with E-state index in [1.807, 2.05) is 39.0 Å². The van der Waals surface area contributed by atoms with Gasteiger partial charge in [-0.15, -0.1) is 0 Å². The largest absolute Gasteiger partial charge is 0.386 e. The van der Waals surface area contributed by atoms with Gasteiger partial charge in [-0.05, 0) is 33.5 Å². The first-order valence-corrected chi connectivity index (χ1v) is 5.01. The van der Waals surface area contributed by atoms with Crippen LogP contribution in [0.2, 0.25) is 0 Å². The van der Waals surface area contributed by atoms with Gasteiger partial charge in [0.05, 0.1) is 5.69 Å². The molecule has 0 spiro atoms. The SMILES string of the molecule is CC(C)(C)[C@@H](O)c1cccc(Br)n1. The third-order valence-electron chi connectivity index (χ3n) is 1.84. The molecule has 72 valence electrons. The summed E-state index contributed by atoms with van der Waals surface area (Å²) in [5.74, 6) is 0. The van der Waals surface area contributed by atoms with Crippen molar-refractivity contribution < 1.29 is 5.11 Å². The molecule has 0 saturated heterocycles. The minimum Gasteiger partial charge on any atom is -0.386 e. The fraction of sp³-hybridized carbons (Fsp3) is 0.500. The molecule has 1 aromatic heterocycles. The highest BCUT2D eigenvalue weighted by Gasteiger charge is 2.24. The highest BCUT2D eigenvalue weighted by atomic mass is 79.9. The Morgan fingerprint density at radius 3 is 2.46 bits per heavy atom. The molecule has 1 rings (SSSR count). The number of nitrogens with zero attached hydrogens (tertiary/aromatic N) is 1. The van der Waals surface area contributed by atoms with E-state index in [-0.39, 0.29) is 5.41 Å². The highest BCUT2D eigenvalue weighted by molar-refractivity contribution is 9.10. The van der Waals surface area contributed by atoms with E-state index in [1.54, 1.807) is 0 Å². The summed E-state index contributed by atoms with van der Waals surface area (Å²) in [5.41, 5.74) is 0.537. The molecule has 2 nitrogen and oxygen atoms in total. The maximum atomic E-state index is 9.90. The van der Waals surface area contributed by atoms with E-state index < -0.39 is 6.10 Å². The Labute approximate surface area is 87.1 Å². The van der Waals surface area contributed by atoms with Crippen LogP contribution in [0.3, 0.4) is 0 Å². The fourth-order valence-electron chi connectivity index (χ4n) is 1.02. The van der Waals surface area contributed by atoms with Crippen molar-refractivity contribution in [3.05, 3.63) is 28.5 Å². The van der Waals surface area contributed by atoms with Crippen molar-refractivity contribution in [3.8, 4) is 0 Å². The molecule has 0 bridgehead atoms. The van der Waals surface area contributed by atoms with Crippen LogP contribution in [0.4, 0.5) is 0 Å². The van der Waals surface area contributed by atoms with Crippen LogP contribution in [0.1, 0.15) is 32.6 Å². The fourth-order valence-corrected chi connectivity index (χ4v) is 1.38. The summed E-state index contributed by atoms with van der Waals surface area (Å²) in [6.45, 7) is 5.96. The van der Waals surface area contributed by atoms with E-state index in [9.17, 15) is 5.11 Å². The van der Waals surface area contributed by atoms with Gasteiger partial charge in [-0.1, -0.05) is 26.8 Å². The number of aliphatic hydroxyl groups excluding tert-OH is 1. The lowest BCUT2D eigenvalue weighted by Gasteiger charge is -2.25. The normalized spacial score (nSPS) is 14.2. The Balaban J connectivity index is 2.96. The summed E-state index contributed by atoms with van der Waals surface area (Å²) in [6.07, 6.45) is -0.523. The number of aliphatic hydroxyl groups is 1. The first kappa shape index (κ1) is 10.7. The number of halogens is 1. The van der Waals surface area contributed by atoms with E-state index in [1.165, 1.54) is 0 Å². The average Bonchev–Trinajstić information content (AvgIpc) is 2.01. The van der Waals surface area contributed by atoms with Gasteiger partial charge < -0.3 is 5.11 Å². The van der Waals surface area contributed by atoms with Crippen molar-refractivity contribution in [2.75, 3.05) is 0 Å². The van der Waals surface area contributed by atoms with Crippen molar-refractivity contribution in [2.24, 2.45) is 5.41 Å².